The van der Waals surface area contributed by atoms with Crippen LogP contribution in [0.3, 0.4) is 0 Å². The van der Waals surface area contributed by atoms with Crippen molar-refractivity contribution >= 4 is 5.91 Å². The Bertz CT molecular complexity index is 960. The van der Waals surface area contributed by atoms with Crippen molar-refractivity contribution in [2.24, 2.45) is 0 Å². The molecule has 4 rings (SSSR count). The van der Waals surface area contributed by atoms with Gasteiger partial charge in [0.2, 0.25) is 0 Å². The van der Waals surface area contributed by atoms with Crippen LogP contribution in [-0.4, -0.2) is 28.6 Å². The van der Waals surface area contributed by atoms with E-state index < -0.39 is 0 Å². The van der Waals surface area contributed by atoms with Gasteiger partial charge in [-0.15, -0.1) is 0 Å². The molecule has 2 heterocycles. The zero-order chi connectivity index (χ0) is 19.3. The van der Waals surface area contributed by atoms with Gasteiger partial charge in [-0.1, -0.05) is 31.2 Å². The van der Waals surface area contributed by atoms with Crippen LogP contribution in [0.4, 0.5) is 0 Å². The van der Waals surface area contributed by atoms with E-state index in [0.717, 1.165) is 55.1 Å². The van der Waals surface area contributed by atoms with Crippen LogP contribution >= 0.6 is 0 Å². The van der Waals surface area contributed by atoms with E-state index in [4.69, 9.17) is 4.74 Å². The molecule has 5 heteroatoms. The Labute approximate surface area is 165 Å². The number of amides is 1. The van der Waals surface area contributed by atoms with E-state index in [1.807, 2.05) is 36.7 Å². The van der Waals surface area contributed by atoms with E-state index in [-0.39, 0.29) is 5.91 Å². The summed E-state index contributed by atoms with van der Waals surface area (Å²) in [7, 11) is 0. The summed E-state index contributed by atoms with van der Waals surface area (Å²) in [6, 6.07) is 14.1. The molecule has 1 aliphatic heterocycles. The molecule has 2 aromatic carbocycles. The fourth-order valence-corrected chi connectivity index (χ4v) is 3.57. The van der Waals surface area contributed by atoms with Crippen molar-refractivity contribution < 1.29 is 9.53 Å². The first-order valence-corrected chi connectivity index (χ1v) is 9.89. The van der Waals surface area contributed by atoms with Gasteiger partial charge in [0.1, 0.15) is 11.6 Å². The molecular weight excluding hydrogens is 350 g/mol. The molecule has 28 heavy (non-hydrogen) atoms. The van der Waals surface area contributed by atoms with Crippen LogP contribution in [0, 0.1) is 0 Å². The number of imidazole rings is 1. The first-order valence-electron chi connectivity index (χ1n) is 9.89. The first-order chi connectivity index (χ1) is 13.7. The molecule has 1 N–H and O–H groups in total. The Kier molecular flexibility index (Phi) is 5.42. The molecule has 144 valence electrons. The summed E-state index contributed by atoms with van der Waals surface area (Å²) in [6.45, 7) is 4.37. The summed E-state index contributed by atoms with van der Waals surface area (Å²) in [5, 5.41) is 3.00. The van der Waals surface area contributed by atoms with Gasteiger partial charge in [-0.3, -0.25) is 4.79 Å². The maximum Gasteiger partial charge on any atom is 0.251 e. The smallest absolute Gasteiger partial charge is 0.251 e. The van der Waals surface area contributed by atoms with Crippen molar-refractivity contribution in [3.63, 3.8) is 0 Å². The molecule has 0 spiro atoms. The van der Waals surface area contributed by atoms with Crippen molar-refractivity contribution in [2.45, 2.75) is 32.7 Å². The number of rotatable bonds is 7. The maximum atomic E-state index is 12.4. The van der Waals surface area contributed by atoms with E-state index in [1.165, 1.54) is 5.56 Å². The number of nitrogens with one attached hydrogen (secondary N) is 1. The summed E-state index contributed by atoms with van der Waals surface area (Å²) in [4.78, 5) is 16.7. The highest BCUT2D eigenvalue weighted by Gasteiger charge is 2.13. The zero-order valence-corrected chi connectivity index (χ0v) is 16.1. The Hall–Kier alpha value is -3.08. The lowest BCUT2D eigenvalue weighted by Crippen LogP contribution is -2.25. The van der Waals surface area contributed by atoms with Gasteiger partial charge in [0.25, 0.3) is 5.91 Å². The minimum Gasteiger partial charge on any atom is -0.493 e. The predicted octanol–water partition coefficient (Wildman–Crippen LogP) is 3.87. The van der Waals surface area contributed by atoms with Crippen LogP contribution in [0.15, 0.2) is 54.9 Å². The molecule has 0 fully saturated rings. The Morgan fingerprint density at radius 2 is 2.00 bits per heavy atom. The Balaban J connectivity index is 1.31. The number of aryl methyl sites for hydroxylation is 2. The number of hydrogen-bond donors (Lipinski definition) is 1. The van der Waals surface area contributed by atoms with Crippen LogP contribution < -0.4 is 10.1 Å². The summed E-state index contributed by atoms with van der Waals surface area (Å²) < 4.78 is 7.79. The van der Waals surface area contributed by atoms with Gasteiger partial charge in [0, 0.05) is 43.9 Å². The number of fused-ring (bicyclic) bond motifs is 1. The largest absolute Gasteiger partial charge is 0.493 e. The predicted molar refractivity (Wildman–Crippen MR) is 110 cm³/mol. The van der Waals surface area contributed by atoms with E-state index in [0.29, 0.717) is 12.1 Å². The van der Waals surface area contributed by atoms with Crippen LogP contribution in [0.2, 0.25) is 0 Å². The van der Waals surface area contributed by atoms with Crippen molar-refractivity contribution in [1.29, 1.82) is 0 Å². The number of carbonyl (C=O) groups excluding carboxylic acids is 1. The summed E-state index contributed by atoms with van der Waals surface area (Å²) >= 11 is 0. The molecule has 5 nitrogen and oxygen atoms in total. The molecular formula is C23H25N3O2. The van der Waals surface area contributed by atoms with Gasteiger partial charge >= 0.3 is 0 Å². The van der Waals surface area contributed by atoms with E-state index >= 15 is 0 Å². The topological polar surface area (TPSA) is 56.2 Å². The summed E-state index contributed by atoms with van der Waals surface area (Å²) in [6.07, 6.45) is 6.59. The number of nitrogens with zero attached hydrogens (tertiary/aromatic N) is 2. The molecule has 1 aliphatic rings. The quantitative estimate of drug-likeness (QED) is 0.638. The molecule has 0 saturated carbocycles. The third kappa shape index (κ3) is 3.93. The van der Waals surface area contributed by atoms with E-state index in [1.54, 1.807) is 0 Å². The van der Waals surface area contributed by atoms with Gasteiger partial charge in [0.05, 0.1) is 6.61 Å². The van der Waals surface area contributed by atoms with Crippen molar-refractivity contribution in [3.05, 3.63) is 71.8 Å². The monoisotopic (exact) mass is 375 g/mol. The SMILES string of the molecule is CCc1nccn1CCCNC(=O)c1ccc(-c2ccc3c(c2)OCC3)cc1. The lowest BCUT2D eigenvalue weighted by atomic mass is 10.0. The molecule has 3 aromatic rings. The Morgan fingerprint density at radius 1 is 1.18 bits per heavy atom. The molecule has 1 aromatic heterocycles. The van der Waals surface area contributed by atoms with Gasteiger partial charge in [-0.2, -0.15) is 0 Å². The van der Waals surface area contributed by atoms with Crippen molar-refractivity contribution in [1.82, 2.24) is 14.9 Å². The van der Waals surface area contributed by atoms with Crippen LogP contribution in [0.1, 0.15) is 35.1 Å². The number of carbonyl (C=O) groups is 1. The molecule has 0 unspecified atom stereocenters. The van der Waals surface area contributed by atoms with E-state index in [2.05, 4.69) is 40.0 Å². The van der Waals surface area contributed by atoms with Crippen molar-refractivity contribution in [3.8, 4) is 16.9 Å². The van der Waals surface area contributed by atoms with Gasteiger partial charge in [0.15, 0.2) is 0 Å². The average Bonchev–Trinajstić information content (AvgIpc) is 3.39. The molecule has 1 amide bonds. The minimum absolute atomic E-state index is 0.0369. The third-order valence-electron chi connectivity index (χ3n) is 5.16. The Morgan fingerprint density at radius 3 is 2.82 bits per heavy atom. The van der Waals surface area contributed by atoms with Gasteiger partial charge in [-0.25, -0.2) is 4.98 Å². The molecule has 0 aliphatic carbocycles. The van der Waals surface area contributed by atoms with E-state index in [9.17, 15) is 4.79 Å². The maximum absolute atomic E-state index is 12.4. The first kappa shape index (κ1) is 18.3. The number of aromatic nitrogens is 2. The number of benzene rings is 2. The zero-order valence-electron chi connectivity index (χ0n) is 16.1. The second kappa shape index (κ2) is 8.30. The summed E-state index contributed by atoms with van der Waals surface area (Å²) in [5.41, 5.74) is 4.14. The lowest BCUT2D eigenvalue weighted by Gasteiger charge is -2.09. The highest BCUT2D eigenvalue weighted by Crippen LogP contribution is 2.31. The van der Waals surface area contributed by atoms with Crippen molar-refractivity contribution in [2.75, 3.05) is 13.2 Å². The second-order valence-electron chi connectivity index (χ2n) is 7.00. The number of hydrogen-bond acceptors (Lipinski definition) is 3. The van der Waals surface area contributed by atoms with Gasteiger partial charge < -0.3 is 14.6 Å². The normalized spacial score (nSPS) is 12.5. The lowest BCUT2D eigenvalue weighted by molar-refractivity contribution is 0.0952. The highest BCUT2D eigenvalue weighted by molar-refractivity contribution is 5.94. The molecule has 0 atom stereocenters. The third-order valence-corrected chi connectivity index (χ3v) is 5.16. The average molecular weight is 375 g/mol. The van der Waals surface area contributed by atoms with Crippen LogP contribution in [-0.2, 0) is 19.4 Å². The molecule has 0 radical (unpaired) electrons. The highest BCUT2D eigenvalue weighted by atomic mass is 16.5. The fraction of sp³-hybridized carbons (Fsp3) is 0.304. The minimum atomic E-state index is -0.0369. The van der Waals surface area contributed by atoms with Gasteiger partial charge in [-0.05, 0) is 41.3 Å². The fourth-order valence-electron chi connectivity index (χ4n) is 3.57. The molecule has 0 bridgehead atoms. The van der Waals surface area contributed by atoms with Crippen LogP contribution in [0.25, 0.3) is 11.1 Å². The second-order valence-corrected chi connectivity index (χ2v) is 7.00. The van der Waals surface area contributed by atoms with Crippen LogP contribution in [0.5, 0.6) is 5.75 Å². The number of ether oxygens (including phenoxy) is 1. The molecule has 0 saturated heterocycles. The summed E-state index contributed by atoms with van der Waals surface area (Å²) in [5.74, 6) is 2.02. The standard InChI is InChI=1S/C23H25N3O2/c1-2-22-24-12-14-26(22)13-3-11-25-23(27)19-7-4-17(5-8-19)20-9-6-18-10-15-28-21(18)16-20/h4-9,12,14,16H,2-3,10-11,13,15H2,1H3,(H,25,27).